The van der Waals surface area contributed by atoms with Crippen molar-refractivity contribution < 1.29 is 18.0 Å². The molecular formula is C12H16N2O4S. The maximum absolute atomic E-state index is 12.0. The predicted molar refractivity (Wildman–Crippen MR) is 71.6 cm³/mol. The molecule has 7 heteroatoms. The van der Waals surface area contributed by atoms with Crippen LogP contribution in [0.4, 0.5) is 0 Å². The van der Waals surface area contributed by atoms with Crippen molar-refractivity contribution in [2.75, 3.05) is 12.0 Å². The molecule has 1 aromatic rings. The maximum atomic E-state index is 12.0. The van der Waals surface area contributed by atoms with Crippen molar-refractivity contribution in [1.29, 1.82) is 0 Å². The average Bonchev–Trinajstić information content (AvgIpc) is 2.26. The van der Waals surface area contributed by atoms with Crippen LogP contribution in [0.25, 0.3) is 0 Å². The highest BCUT2D eigenvalue weighted by Crippen LogP contribution is 2.08. The topological polar surface area (TPSA) is 106 Å². The summed E-state index contributed by atoms with van der Waals surface area (Å²) in [6, 6.07) is 5.55. The highest BCUT2D eigenvalue weighted by Gasteiger charge is 2.18. The number of nitrogens with one attached hydrogen (secondary N) is 1. The molecular weight excluding hydrogens is 268 g/mol. The van der Waals surface area contributed by atoms with Crippen molar-refractivity contribution in [3.8, 4) is 0 Å². The number of amides is 2. The molecule has 1 rings (SSSR count). The van der Waals surface area contributed by atoms with Crippen LogP contribution in [-0.2, 0) is 9.84 Å². The minimum atomic E-state index is -3.18. The smallest absolute Gasteiger partial charge is 0.252 e. The monoisotopic (exact) mass is 284 g/mol. The molecule has 0 unspecified atom stereocenters. The van der Waals surface area contributed by atoms with Gasteiger partial charge in [0.1, 0.15) is 9.84 Å². The quantitative estimate of drug-likeness (QED) is 0.790. The second-order valence-electron chi connectivity index (χ2n) is 4.38. The molecule has 1 aromatic carbocycles. The zero-order valence-electron chi connectivity index (χ0n) is 10.7. The van der Waals surface area contributed by atoms with E-state index in [0.717, 1.165) is 6.26 Å². The maximum Gasteiger partial charge on any atom is 0.252 e. The zero-order valence-corrected chi connectivity index (χ0v) is 11.5. The average molecular weight is 284 g/mol. The zero-order chi connectivity index (χ0) is 14.6. The second-order valence-corrected chi connectivity index (χ2v) is 6.56. The van der Waals surface area contributed by atoms with E-state index < -0.39 is 27.7 Å². The number of hydrogen-bond acceptors (Lipinski definition) is 4. The molecule has 0 heterocycles. The summed E-state index contributed by atoms with van der Waals surface area (Å²) < 4.78 is 22.2. The van der Waals surface area contributed by atoms with E-state index in [4.69, 9.17) is 5.73 Å². The van der Waals surface area contributed by atoms with Gasteiger partial charge in [0.2, 0.25) is 5.91 Å². The number of rotatable bonds is 5. The third-order valence-corrected chi connectivity index (χ3v) is 3.47. The van der Waals surface area contributed by atoms with Gasteiger partial charge in [0, 0.05) is 12.3 Å². The van der Waals surface area contributed by atoms with Crippen molar-refractivity contribution >= 4 is 21.7 Å². The first-order valence-corrected chi connectivity index (χ1v) is 7.64. The summed E-state index contributed by atoms with van der Waals surface area (Å²) in [5.41, 5.74) is 5.41. The summed E-state index contributed by atoms with van der Waals surface area (Å²) >= 11 is 0. The number of nitrogens with two attached hydrogens (primary N) is 1. The van der Waals surface area contributed by atoms with Crippen LogP contribution in [0.15, 0.2) is 24.3 Å². The van der Waals surface area contributed by atoms with Gasteiger partial charge < -0.3 is 11.1 Å². The van der Waals surface area contributed by atoms with E-state index in [1.807, 2.05) is 0 Å². The van der Waals surface area contributed by atoms with Crippen LogP contribution in [-0.4, -0.2) is 38.3 Å². The van der Waals surface area contributed by atoms with Crippen molar-refractivity contribution in [3.05, 3.63) is 35.4 Å². The largest absolute Gasteiger partial charge is 0.366 e. The fraction of sp³-hybridized carbons (Fsp3) is 0.333. The second kappa shape index (κ2) is 5.83. The summed E-state index contributed by atoms with van der Waals surface area (Å²) in [7, 11) is -3.18. The van der Waals surface area contributed by atoms with Gasteiger partial charge in [-0.1, -0.05) is 12.1 Å². The molecule has 19 heavy (non-hydrogen) atoms. The lowest BCUT2D eigenvalue weighted by Gasteiger charge is -2.14. The normalized spacial score (nSPS) is 12.7. The lowest BCUT2D eigenvalue weighted by molar-refractivity contribution is 0.0927. The fourth-order valence-corrected chi connectivity index (χ4v) is 2.68. The predicted octanol–water partition coefficient (Wildman–Crippen LogP) is -0.0516. The summed E-state index contributed by atoms with van der Waals surface area (Å²) in [5.74, 6) is -1.40. The van der Waals surface area contributed by atoms with Crippen LogP contribution in [0.1, 0.15) is 27.6 Å². The van der Waals surface area contributed by atoms with Gasteiger partial charge in [-0.3, -0.25) is 9.59 Å². The van der Waals surface area contributed by atoms with E-state index in [1.54, 1.807) is 19.1 Å². The standard InChI is InChI=1S/C12H16N2O4S/c1-8(7-19(2,17)18)14-12(16)10-6-4-3-5-9(10)11(13)15/h3-6,8H,7H2,1-2H3,(H2,13,15)(H,14,16)/t8-/m0/s1. The minimum absolute atomic E-state index is 0.103. The van der Waals surface area contributed by atoms with E-state index in [-0.39, 0.29) is 16.9 Å². The molecule has 2 amide bonds. The first-order valence-electron chi connectivity index (χ1n) is 5.58. The Balaban J connectivity index is 2.87. The van der Waals surface area contributed by atoms with Crippen LogP contribution in [0.2, 0.25) is 0 Å². The number of carbonyl (C=O) groups is 2. The van der Waals surface area contributed by atoms with Crippen LogP contribution in [0.3, 0.4) is 0 Å². The number of primary amides is 1. The molecule has 1 atom stereocenters. The molecule has 0 radical (unpaired) electrons. The van der Waals surface area contributed by atoms with Crippen molar-refractivity contribution in [3.63, 3.8) is 0 Å². The Bertz CT molecular complexity index is 596. The summed E-state index contributed by atoms with van der Waals surface area (Å²) in [6.07, 6.45) is 1.09. The SMILES string of the molecule is C[C@@H](CS(C)(=O)=O)NC(=O)c1ccccc1C(N)=O. The van der Waals surface area contributed by atoms with Gasteiger partial charge in [-0.15, -0.1) is 0 Å². The van der Waals surface area contributed by atoms with Gasteiger partial charge in [0.05, 0.1) is 16.9 Å². The molecule has 0 aliphatic heterocycles. The van der Waals surface area contributed by atoms with Gasteiger partial charge in [0.15, 0.2) is 0 Å². The highest BCUT2D eigenvalue weighted by molar-refractivity contribution is 7.90. The van der Waals surface area contributed by atoms with E-state index in [1.165, 1.54) is 12.1 Å². The summed E-state index contributed by atoms with van der Waals surface area (Å²) in [6.45, 7) is 1.58. The lowest BCUT2D eigenvalue weighted by Crippen LogP contribution is -2.38. The van der Waals surface area contributed by atoms with E-state index >= 15 is 0 Å². The number of benzene rings is 1. The molecule has 0 bridgehead atoms. The van der Waals surface area contributed by atoms with Gasteiger partial charge in [0.25, 0.3) is 5.91 Å². The van der Waals surface area contributed by atoms with E-state index in [9.17, 15) is 18.0 Å². The molecule has 0 saturated carbocycles. The molecule has 3 N–H and O–H groups in total. The van der Waals surface area contributed by atoms with Crippen molar-refractivity contribution in [1.82, 2.24) is 5.32 Å². The molecule has 0 spiro atoms. The van der Waals surface area contributed by atoms with Crippen molar-refractivity contribution in [2.24, 2.45) is 5.73 Å². The first-order chi connectivity index (χ1) is 8.70. The molecule has 0 saturated heterocycles. The molecule has 0 aromatic heterocycles. The third kappa shape index (κ3) is 4.70. The Morgan fingerprint density at radius 2 is 1.79 bits per heavy atom. The minimum Gasteiger partial charge on any atom is -0.366 e. The highest BCUT2D eigenvalue weighted by atomic mass is 32.2. The summed E-state index contributed by atoms with van der Waals surface area (Å²) in [4.78, 5) is 23.1. The molecule has 0 aliphatic rings. The van der Waals surface area contributed by atoms with Crippen LogP contribution in [0.5, 0.6) is 0 Å². The molecule has 0 fully saturated rings. The lowest BCUT2D eigenvalue weighted by atomic mass is 10.1. The Labute approximate surface area is 111 Å². The Morgan fingerprint density at radius 3 is 2.26 bits per heavy atom. The van der Waals surface area contributed by atoms with Gasteiger partial charge in [-0.2, -0.15) is 0 Å². The Kier molecular flexibility index (Phi) is 4.66. The van der Waals surface area contributed by atoms with Crippen LogP contribution >= 0.6 is 0 Å². The van der Waals surface area contributed by atoms with E-state index in [0.29, 0.717) is 0 Å². The molecule has 6 nitrogen and oxygen atoms in total. The number of carbonyl (C=O) groups excluding carboxylic acids is 2. The molecule has 104 valence electrons. The summed E-state index contributed by atoms with van der Waals surface area (Å²) in [5, 5.41) is 2.52. The Hall–Kier alpha value is -1.89. The fourth-order valence-electron chi connectivity index (χ4n) is 1.69. The number of sulfone groups is 1. The van der Waals surface area contributed by atoms with Gasteiger partial charge >= 0.3 is 0 Å². The van der Waals surface area contributed by atoms with Gasteiger partial charge in [-0.05, 0) is 19.1 Å². The first kappa shape index (κ1) is 15.2. The van der Waals surface area contributed by atoms with E-state index in [2.05, 4.69) is 5.32 Å². The van der Waals surface area contributed by atoms with Crippen LogP contribution < -0.4 is 11.1 Å². The number of hydrogen-bond donors (Lipinski definition) is 2. The van der Waals surface area contributed by atoms with Gasteiger partial charge in [-0.25, -0.2) is 8.42 Å². The van der Waals surface area contributed by atoms with Crippen LogP contribution in [0, 0.1) is 0 Å². The molecule has 0 aliphatic carbocycles. The van der Waals surface area contributed by atoms with Crippen molar-refractivity contribution in [2.45, 2.75) is 13.0 Å². The Morgan fingerprint density at radius 1 is 1.26 bits per heavy atom. The third-order valence-electron chi connectivity index (χ3n) is 2.37.